The van der Waals surface area contributed by atoms with Crippen molar-refractivity contribution in [3.8, 4) is 0 Å². The van der Waals surface area contributed by atoms with E-state index in [9.17, 15) is 0 Å². The van der Waals surface area contributed by atoms with E-state index in [1.807, 2.05) is 0 Å². The molecule has 0 aliphatic heterocycles. The van der Waals surface area contributed by atoms with Gasteiger partial charge in [0.1, 0.15) is 0 Å². The fourth-order valence-corrected chi connectivity index (χ4v) is 3.24. The summed E-state index contributed by atoms with van der Waals surface area (Å²) < 4.78 is 2.41. The average Bonchev–Trinajstić information content (AvgIpc) is 2.40. The van der Waals surface area contributed by atoms with Crippen molar-refractivity contribution in [1.29, 1.82) is 0 Å². The first-order valence-corrected chi connectivity index (χ1v) is 6.18. The highest BCUT2D eigenvalue weighted by atomic mass is 33.1. The van der Waals surface area contributed by atoms with Crippen molar-refractivity contribution < 1.29 is 0 Å². The Hall–Kier alpha value is 0.660. The van der Waals surface area contributed by atoms with Gasteiger partial charge in [-0.25, -0.2) is 4.31 Å². The molecule has 0 heterocycles. The molecule has 3 heteroatoms. The van der Waals surface area contributed by atoms with E-state index in [0.29, 0.717) is 6.04 Å². The van der Waals surface area contributed by atoms with Gasteiger partial charge in [0.05, 0.1) is 0 Å². The highest BCUT2D eigenvalue weighted by molar-refractivity contribution is 8.67. The molecule has 0 aromatic carbocycles. The van der Waals surface area contributed by atoms with Gasteiger partial charge in [-0.05, 0) is 37.7 Å². The molecule has 1 fully saturated rings. The monoisotopic (exact) mass is 191 g/mol. The molecule has 1 rings (SSSR count). The van der Waals surface area contributed by atoms with Crippen LogP contribution in [0, 0.1) is 0 Å². The lowest BCUT2D eigenvalue weighted by molar-refractivity contribution is 0.307. The fraction of sp³-hybridized carbons (Fsp3) is 1.00. The van der Waals surface area contributed by atoms with Gasteiger partial charge in [-0.2, -0.15) is 0 Å². The minimum absolute atomic E-state index is 0.626. The molecular weight excluding hydrogens is 174 g/mol. The van der Waals surface area contributed by atoms with Gasteiger partial charge in [0, 0.05) is 12.1 Å². The van der Waals surface area contributed by atoms with Crippen LogP contribution in [0.25, 0.3) is 0 Å². The molecule has 1 aliphatic rings. The highest BCUT2D eigenvalue weighted by Gasteiger charge is 2.23. The number of thiol groups is 1. The summed E-state index contributed by atoms with van der Waals surface area (Å²) in [6, 6.07) is 1.41. The molecule has 0 aromatic rings. The lowest BCUT2D eigenvalue weighted by Crippen LogP contribution is -2.31. The zero-order valence-electron chi connectivity index (χ0n) is 7.29. The Labute approximate surface area is 78.9 Å². The second-order valence-corrected chi connectivity index (χ2v) is 4.55. The Morgan fingerprint density at radius 3 is 2.27 bits per heavy atom. The van der Waals surface area contributed by atoms with E-state index < -0.39 is 0 Å². The third-order valence-corrected chi connectivity index (χ3v) is 3.76. The number of rotatable bonds is 3. The van der Waals surface area contributed by atoms with Gasteiger partial charge in [0.25, 0.3) is 0 Å². The van der Waals surface area contributed by atoms with E-state index in [1.165, 1.54) is 25.7 Å². The molecule has 0 atom stereocenters. The molecule has 66 valence electrons. The molecular formula is C8H17NS2. The topological polar surface area (TPSA) is 3.24 Å². The van der Waals surface area contributed by atoms with Crippen LogP contribution in [-0.4, -0.2) is 16.4 Å². The zero-order chi connectivity index (χ0) is 8.27. The Balaban J connectivity index is 2.40. The first-order chi connectivity index (χ1) is 5.25. The van der Waals surface area contributed by atoms with Crippen molar-refractivity contribution in [2.75, 3.05) is 0 Å². The first kappa shape index (κ1) is 9.75. The summed E-state index contributed by atoms with van der Waals surface area (Å²) in [6.45, 7) is 4.48. The lowest BCUT2D eigenvalue weighted by Gasteiger charge is -2.28. The minimum Gasteiger partial charge on any atom is -0.236 e. The van der Waals surface area contributed by atoms with E-state index in [1.54, 1.807) is 11.0 Å². The van der Waals surface area contributed by atoms with Gasteiger partial charge in [0.15, 0.2) is 0 Å². The van der Waals surface area contributed by atoms with Crippen LogP contribution in [0.4, 0.5) is 0 Å². The second-order valence-electron chi connectivity index (χ2n) is 3.47. The largest absolute Gasteiger partial charge is 0.236 e. The molecule has 0 unspecified atom stereocenters. The van der Waals surface area contributed by atoms with E-state index >= 15 is 0 Å². The summed E-state index contributed by atoms with van der Waals surface area (Å²) in [6.07, 6.45) is 5.54. The SMILES string of the molecule is CC(C)N(SS)C1CCCC1. The highest BCUT2D eigenvalue weighted by Crippen LogP contribution is 2.31. The molecule has 0 radical (unpaired) electrons. The maximum Gasteiger partial charge on any atom is 0.0213 e. The first-order valence-electron chi connectivity index (χ1n) is 4.35. The Kier molecular flexibility index (Phi) is 4.10. The third-order valence-electron chi connectivity index (χ3n) is 2.29. The fourth-order valence-electron chi connectivity index (χ4n) is 1.74. The predicted molar refractivity (Wildman–Crippen MR) is 55.8 cm³/mol. The number of nitrogens with zero attached hydrogens (tertiary/aromatic N) is 1. The number of hydrogen-bond donors (Lipinski definition) is 1. The molecule has 1 aliphatic carbocycles. The van der Waals surface area contributed by atoms with Gasteiger partial charge in [-0.1, -0.05) is 24.5 Å². The average molecular weight is 191 g/mol. The molecule has 11 heavy (non-hydrogen) atoms. The van der Waals surface area contributed by atoms with Crippen LogP contribution in [0.3, 0.4) is 0 Å². The smallest absolute Gasteiger partial charge is 0.0213 e. The summed E-state index contributed by atoms with van der Waals surface area (Å²) >= 11 is 4.27. The minimum atomic E-state index is 0.626. The molecule has 1 saturated carbocycles. The molecule has 0 aromatic heterocycles. The van der Waals surface area contributed by atoms with Crippen LogP contribution in [-0.2, 0) is 0 Å². The van der Waals surface area contributed by atoms with E-state index in [-0.39, 0.29) is 0 Å². The van der Waals surface area contributed by atoms with E-state index in [4.69, 9.17) is 0 Å². The Morgan fingerprint density at radius 2 is 1.91 bits per heavy atom. The summed E-state index contributed by atoms with van der Waals surface area (Å²) in [5.41, 5.74) is 0. The molecule has 0 N–H and O–H groups in total. The molecule has 0 amide bonds. The van der Waals surface area contributed by atoms with E-state index in [0.717, 1.165) is 6.04 Å². The molecule has 0 bridgehead atoms. The van der Waals surface area contributed by atoms with Crippen molar-refractivity contribution in [3.05, 3.63) is 0 Å². The van der Waals surface area contributed by atoms with E-state index in [2.05, 4.69) is 29.8 Å². The second kappa shape index (κ2) is 4.63. The van der Waals surface area contributed by atoms with Gasteiger partial charge in [-0.3, -0.25) is 0 Å². The van der Waals surface area contributed by atoms with Gasteiger partial charge in [-0.15, -0.1) is 0 Å². The number of hydrogen-bond acceptors (Lipinski definition) is 3. The van der Waals surface area contributed by atoms with Crippen LogP contribution >= 0.6 is 22.6 Å². The molecule has 0 saturated heterocycles. The summed E-state index contributed by atoms with van der Waals surface area (Å²) in [5, 5.41) is 0. The normalized spacial score (nSPS) is 20.5. The van der Waals surface area contributed by atoms with Crippen LogP contribution in [0.5, 0.6) is 0 Å². The van der Waals surface area contributed by atoms with Crippen molar-refractivity contribution in [1.82, 2.24) is 4.31 Å². The maximum absolute atomic E-state index is 4.27. The molecule has 0 spiro atoms. The lowest BCUT2D eigenvalue weighted by atomic mass is 10.2. The summed E-state index contributed by atoms with van der Waals surface area (Å²) in [5.74, 6) is 0. The Bertz CT molecular complexity index is 111. The quantitative estimate of drug-likeness (QED) is 0.415. The van der Waals surface area contributed by atoms with Crippen LogP contribution < -0.4 is 0 Å². The van der Waals surface area contributed by atoms with Crippen molar-refractivity contribution in [2.24, 2.45) is 0 Å². The van der Waals surface area contributed by atoms with Crippen LogP contribution in [0.15, 0.2) is 0 Å². The Morgan fingerprint density at radius 1 is 1.36 bits per heavy atom. The summed E-state index contributed by atoms with van der Waals surface area (Å²) in [7, 11) is 1.60. The van der Waals surface area contributed by atoms with Crippen LogP contribution in [0.1, 0.15) is 39.5 Å². The standard InChI is InChI=1S/C8H17NS2/c1-7(2)9(11-10)8-5-3-4-6-8/h7-8,10H,3-6H2,1-2H3. The van der Waals surface area contributed by atoms with Gasteiger partial charge >= 0.3 is 0 Å². The zero-order valence-corrected chi connectivity index (χ0v) is 9.00. The predicted octanol–water partition coefficient (Wildman–Crippen LogP) is 3.13. The van der Waals surface area contributed by atoms with Crippen molar-refractivity contribution in [3.63, 3.8) is 0 Å². The summed E-state index contributed by atoms with van der Waals surface area (Å²) in [4.78, 5) is 0. The van der Waals surface area contributed by atoms with Crippen molar-refractivity contribution in [2.45, 2.75) is 51.6 Å². The van der Waals surface area contributed by atoms with Crippen LogP contribution in [0.2, 0.25) is 0 Å². The maximum atomic E-state index is 4.27. The van der Waals surface area contributed by atoms with Gasteiger partial charge in [0.2, 0.25) is 0 Å². The third kappa shape index (κ3) is 2.56. The van der Waals surface area contributed by atoms with Gasteiger partial charge < -0.3 is 0 Å². The molecule has 1 nitrogen and oxygen atoms in total. The van der Waals surface area contributed by atoms with Crippen molar-refractivity contribution >= 4 is 22.6 Å².